The predicted molar refractivity (Wildman–Crippen MR) is 68.9 cm³/mol. The van der Waals surface area contributed by atoms with E-state index in [1.807, 2.05) is 0 Å². The Bertz CT molecular complexity index is 369. The van der Waals surface area contributed by atoms with Gasteiger partial charge < -0.3 is 14.7 Å². The summed E-state index contributed by atoms with van der Waals surface area (Å²) in [6.45, 7) is 3.53. The van der Waals surface area contributed by atoms with Gasteiger partial charge in [0.05, 0.1) is 6.61 Å². The molecular formula is C12H20N2O6. The maximum atomic E-state index is 11.7. The lowest BCUT2D eigenvalue weighted by atomic mass is 10.2. The Morgan fingerprint density at radius 1 is 1.15 bits per heavy atom. The van der Waals surface area contributed by atoms with Gasteiger partial charge in [0, 0.05) is 19.4 Å². The number of carboxylic acids is 1. The molecule has 0 aliphatic rings. The van der Waals surface area contributed by atoms with Crippen molar-refractivity contribution in [2.24, 2.45) is 0 Å². The number of carbonyl (C=O) groups is 4. The van der Waals surface area contributed by atoms with Crippen LogP contribution in [0, 0.1) is 0 Å². The van der Waals surface area contributed by atoms with Crippen LogP contribution in [-0.2, 0) is 19.1 Å². The number of rotatable bonds is 8. The summed E-state index contributed by atoms with van der Waals surface area (Å²) in [4.78, 5) is 45.8. The summed E-state index contributed by atoms with van der Waals surface area (Å²) in [5.41, 5.74) is 0. The van der Waals surface area contributed by atoms with Gasteiger partial charge in [-0.15, -0.1) is 0 Å². The number of aliphatic carboxylic acids is 1. The van der Waals surface area contributed by atoms with Crippen LogP contribution >= 0.6 is 0 Å². The molecular weight excluding hydrogens is 268 g/mol. The van der Waals surface area contributed by atoms with Crippen LogP contribution in [0.15, 0.2) is 0 Å². The summed E-state index contributed by atoms with van der Waals surface area (Å²) in [6, 6.07) is -0.694. The fourth-order valence-electron chi connectivity index (χ4n) is 1.35. The van der Waals surface area contributed by atoms with Crippen molar-refractivity contribution >= 4 is 23.9 Å². The molecule has 2 N–H and O–H groups in total. The minimum atomic E-state index is -0.998. The van der Waals surface area contributed by atoms with Gasteiger partial charge in [0.25, 0.3) is 0 Å². The Morgan fingerprint density at radius 3 is 2.30 bits per heavy atom. The summed E-state index contributed by atoms with van der Waals surface area (Å²) in [5.74, 6) is -2.12. The van der Waals surface area contributed by atoms with E-state index >= 15 is 0 Å². The van der Waals surface area contributed by atoms with Crippen LogP contribution in [0.2, 0.25) is 0 Å². The van der Waals surface area contributed by atoms with E-state index in [0.29, 0.717) is 0 Å². The van der Waals surface area contributed by atoms with Crippen LogP contribution in [-0.4, -0.2) is 53.6 Å². The topological polar surface area (TPSA) is 113 Å². The van der Waals surface area contributed by atoms with E-state index in [0.717, 1.165) is 4.90 Å². The normalized spacial score (nSPS) is 9.70. The van der Waals surface area contributed by atoms with Crippen LogP contribution in [0.3, 0.4) is 0 Å². The number of hydrogen-bond donors (Lipinski definition) is 2. The van der Waals surface area contributed by atoms with Crippen LogP contribution in [0.25, 0.3) is 0 Å². The number of ether oxygens (including phenoxy) is 1. The van der Waals surface area contributed by atoms with Crippen molar-refractivity contribution in [1.82, 2.24) is 10.2 Å². The van der Waals surface area contributed by atoms with Crippen molar-refractivity contribution in [3.63, 3.8) is 0 Å². The van der Waals surface area contributed by atoms with Crippen LogP contribution < -0.4 is 5.32 Å². The molecule has 0 heterocycles. The quantitative estimate of drug-likeness (QED) is 0.624. The molecule has 0 fully saturated rings. The van der Waals surface area contributed by atoms with E-state index in [2.05, 4.69) is 5.32 Å². The van der Waals surface area contributed by atoms with E-state index in [-0.39, 0.29) is 39.0 Å². The third-order valence-corrected chi connectivity index (χ3v) is 2.34. The fraction of sp³-hybridized carbons (Fsp3) is 0.667. The SMILES string of the molecule is CCOC(=O)CN(CC)C(=O)NC(=O)CCCC(=O)O. The Morgan fingerprint density at radius 2 is 1.80 bits per heavy atom. The maximum Gasteiger partial charge on any atom is 0.325 e. The number of hydrogen-bond acceptors (Lipinski definition) is 5. The van der Waals surface area contributed by atoms with Crippen LogP contribution in [0.4, 0.5) is 4.79 Å². The van der Waals surface area contributed by atoms with Gasteiger partial charge in [-0.2, -0.15) is 0 Å². The number of likely N-dealkylation sites (N-methyl/N-ethyl adjacent to an activating group) is 1. The molecule has 0 aromatic rings. The average molecular weight is 288 g/mol. The Balaban J connectivity index is 4.16. The van der Waals surface area contributed by atoms with E-state index in [1.165, 1.54) is 0 Å². The third-order valence-electron chi connectivity index (χ3n) is 2.34. The number of carboxylic acid groups (broad SMARTS) is 1. The van der Waals surface area contributed by atoms with E-state index in [9.17, 15) is 19.2 Å². The first kappa shape index (κ1) is 17.9. The smallest absolute Gasteiger partial charge is 0.325 e. The number of imide groups is 1. The standard InChI is InChI=1S/C12H20N2O6/c1-3-14(8-11(18)20-4-2)12(19)13-9(15)6-5-7-10(16)17/h3-8H2,1-2H3,(H,16,17)(H,13,15,19). The molecule has 0 aliphatic carbocycles. The van der Waals surface area contributed by atoms with Gasteiger partial charge in [0.2, 0.25) is 5.91 Å². The maximum absolute atomic E-state index is 11.7. The number of esters is 1. The lowest BCUT2D eigenvalue weighted by Crippen LogP contribution is -2.45. The van der Waals surface area contributed by atoms with Crippen LogP contribution in [0.1, 0.15) is 33.1 Å². The number of carbonyl (C=O) groups excluding carboxylic acids is 3. The van der Waals surface area contributed by atoms with Crippen LogP contribution in [0.5, 0.6) is 0 Å². The van der Waals surface area contributed by atoms with E-state index < -0.39 is 23.9 Å². The summed E-state index contributed by atoms with van der Waals surface area (Å²) in [6.07, 6.45) is -0.0463. The molecule has 0 aromatic carbocycles. The first-order valence-electron chi connectivity index (χ1n) is 6.36. The van der Waals surface area contributed by atoms with Gasteiger partial charge in [-0.05, 0) is 20.3 Å². The molecule has 0 radical (unpaired) electrons. The highest BCUT2D eigenvalue weighted by atomic mass is 16.5. The zero-order valence-corrected chi connectivity index (χ0v) is 11.7. The molecule has 8 nitrogen and oxygen atoms in total. The van der Waals surface area contributed by atoms with Gasteiger partial charge in [-0.1, -0.05) is 0 Å². The predicted octanol–water partition coefficient (Wildman–Crippen LogP) is 0.363. The fourth-order valence-corrected chi connectivity index (χ4v) is 1.35. The molecule has 8 heteroatoms. The summed E-state index contributed by atoms with van der Waals surface area (Å²) < 4.78 is 4.71. The van der Waals surface area contributed by atoms with Gasteiger partial charge in [-0.25, -0.2) is 4.79 Å². The van der Waals surface area contributed by atoms with Crippen molar-refractivity contribution < 1.29 is 29.0 Å². The van der Waals surface area contributed by atoms with Crippen molar-refractivity contribution in [2.75, 3.05) is 19.7 Å². The van der Waals surface area contributed by atoms with Gasteiger partial charge >= 0.3 is 18.0 Å². The summed E-state index contributed by atoms with van der Waals surface area (Å²) in [7, 11) is 0. The third kappa shape index (κ3) is 8.06. The molecule has 0 saturated heterocycles. The minimum Gasteiger partial charge on any atom is -0.481 e. The zero-order valence-electron chi connectivity index (χ0n) is 11.7. The second kappa shape index (κ2) is 9.76. The second-order valence-corrected chi connectivity index (χ2v) is 3.92. The first-order chi connectivity index (χ1) is 9.40. The second-order valence-electron chi connectivity index (χ2n) is 3.92. The highest BCUT2D eigenvalue weighted by Gasteiger charge is 2.18. The molecule has 0 saturated carbocycles. The number of nitrogens with zero attached hydrogens (tertiary/aromatic N) is 1. The Hall–Kier alpha value is -2.12. The lowest BCUT2D eigenvalue weighted by molar-refractivity contribution is -0.144. The summed E-state index contributed by atoms with van der Waals surface area (Å²) >= 11 is 0. The van der Waals surface area contributed by atoms with Gasteiger partial charge in [-0.3, -0.25) is 19.7 Å². The largest absolute Gasteiger partial charge is 0.481 e. The van der Waals surface area contributed by atoms with Crippen molar-refractivity contribution in [3.05, 3.63) is 0 Å². The highest BCUT2D eigenvalue weighted by molar-refractivity contribution is 5.95. The Labute approximate surface area is 117 Å². The monoisotopic (exact) mass is 288 g/mol. The number of urea groups is 1. The molecule has 0 unspecified atom stereocenters. The van der Waals surface area contributed by atoms with Crippen molar-refractivity contribution in [3.8, 4) is 0 Å². The minimum absolute atomic E-state index is 0.0605. The molecule has 114 valence electrons. The molecule has 0 atom stereocenters. The van der Waals surface area contributed by atoms with Gasteiger partial charge in [0.1, 0.15) is 6.54 Å². The molecule has 0 spiro atoms. The molecule has 3 amide bonds. The number of nitrogens with one attached hydrogen (secondary N) is 1. The molecule has 0 bridgehead atoms. The molecule has 0 aliphatic heterocycles. The molecule has 0 aromatic heterocycles. The highest BCUT2D eigenvalue weighted by Crippen LogP contribution is 1.97. The van der Waals surface area contributed by atoms with E-state index in [1.54, 1.807) is 13.8 Å². The summed E-state index contributed by atoms with van der Waals surface area (Å²) in [5, 5.41) is 10.5. The molecule has 0 rings (SSSR count). The zero-order chi connectivity index (χ0) is 15.5. The number of amides is 3. The van der Waals surface area contributed by atoms with E-state index in [4.69, 9.17) is 9.84 Å². The van der Waals surface area contributed by atoms with Crippen molar-refractivity contribution in [2.45, 2.75) is 33.1 Å². The van der Waals surface area contributed by atoms with Crippen molar-refractivity contribution in [1.29, 1.82) is 0 Å². The first-order valence-corrected chi connectivity index (χ1v) is 6.36. The molecule has 20 heavy (non-hydrogen) atoms. The Kier molecular flexibility index (Phi) is 8.73. The average Bonchev–Trinajstić information content (AvgIpc) is 2.35. The van der Waals surface area contributed by atoms with Gasteiger partial charge in [0.15, 0.2) is 0 Å². The lowest BCUT2D eigenvalue weighted by Gasteiger charge is -2.19.